The van der Waals surface area contributed by atoms with Gasteiger partial charge in [-0.1, -0.05) is 31.0 Å². The normalized spacial score (nSPS) is 16.6. The topological polar surface area (TPSA) is 67.9 Å². The van der Waals surface area contributed by atoms with Crippen LogP contribution in [0.15, 0.2) is 36.4 Å². The Hall–Kier alpha value is -3.02. The van der Waals surface area contributed by atoms with Crippen molar-refractivity contribution >= 4 is 17.5 Å². The first-order valence-electron chi connectivity index (χ1n) is 10.9. The molecule has 31 heavy (non-hydrogen) atoms. The number of carbonyl (C=O) groups is 2. The highest BCUT2D eigenvalue weighted by molar-refractivity contribution is 5.97. The molecule has 0 unspecified atom stereocenters. The summed E-state index contributed by atoms with van der Waals surface area (Å²) in [5, 5.41) is 2.95. The van der Waals surface area contributed by atoms with Gasteiger partial charge in [0.25, 0.3) is 0 Å². The van der Waals surface area contributed by atoms with Crippen LogP contribution in [0.4, 0.5) is 5.69 Å². The molecule has 1 saturated carbocycles. The maximum Gasteiger partial charge on any atom is 0.243 e. The zero-order chi connectivity index (χ0) is 22.0. The molecule has 0 radical (unpaired) electrons. The predicted molar refractivity (Wildman–Crippen MR) is 120 cm³/mol. The number of nitrogens with one attached hydrogen (secondary N) is 1. The molecular formula is C25H30N2O4. The smallest absolute Gasteiger partial charge is 0.243 e. The molecule has 6 heteroatoms. The lowest BCUT2D eigenvalue weighted by molar-refractivity contribution is -0.138. The third-order valence-corrected chi connectivity index (χ3v) is 6.57. The minimum absolute atomic E-state index is 0.0124. The van der Waals surface area contributed by atoms with Gasteiger partial charge in [0.2, 0.25) is 11.8 Å². The van der Waals surface area contributed by atoms with Crippen molar-refractivity contribution in [3.05, 3.63) is 53.1 Å². The van der Waals surface area contributed by atoms with Gasteiger partial charge in [-0.05, 0) is 61.6 Å². The highest BCUT2D eigenvalue weighted by Gasteiger charge is 2.45. The number of fused-ring (bicyclic) bond motifs is 1. The van der Waals surface area contributed by atoms with Crippen molar-refractivity contribution in [2.45, 2.75) is 44.9 Å². The molecule has 0 aromatic heterocycles. The van der Waals surface area contributed by atoms with Crippen molar-refractivity contribution < 1.29 is 19.1 Å². The number of carbonyl (C=O) groups excluding carboxylic acids is 2. The molecule has 2 aromatic carbocycles. The molecule has 0 bridgehead atoms. The maximum atomic E-state index is 13.6. The summed E-state index contributed by atoms with van der Waals surface area (Å²) in [5.74, 6) is 1.20. The first-order valence-corrected chi connectivity index (χ1v) is 10.9. The lowest BCUT2D eigenvalue weighted by atomic mass is 9.77. The Bertz CT molecular complexity index is 995. The van der Waals surface area contributed by atoms with Gasteiger partial charge >= 0.3 is 0 Å². The first kappa shape index (κ1) is 21.2. The lowest BCUT2D eigenvalue weighted by Gasteiger charge is -2.33. The van der Waals surface area contributed by atoms with E-state index in [4.69, 9.17) is 9.47 Å². The summed E-state index contributed by atoms with van der Waals surface area (Å²) in [6, 6.07) is 11.6. The number of likely N-dealkylation sites (N-methyl/N-ethyl adjacent to an activating group) is 1. The van der Waals surface area contributed by atoms with Gasteiger partial charge in [-0.3, -0.25) is 9.59 Å². The molecule has 0 spiro atoms. The highest BCUT2D eigenvalue weighted by Crippen LogP contribution is 2.45. The molecule has 4 rings (SSSR count). The summed E-state index contributed by atoms with van der Waals surface area (Å²) >= 11 is 0. The number of aryl methyl sites for hydroxylation is 1. The van der Waals surface area contributed by atoms with E-state index in [9.17, 15) is 9.59 Å². The Balaban J connectivity index is 1.51. The largest absolute Gasteiger partial charge is 0.486 e. The zero-order valence-corrected chi connectivity index (χ0v) is 18.5. The maximum absolute atomic E-state index is 13.6. The van der Waals surface area contributed by atoms with Crippen LogP contribution in [0.3, 0.4) is 0 Å². The van der Waals surface area contributed by atoms with Crippen LogP contribution in [0.25, 0.3) is 0 Å². The summed E-state index contributed by atoms with van der Waals surface area (Å²) < 4.78 is 11.4. The van der Waals surface area contributed by atoms with Crippen LogP contribution < -0.4 is 14.8 Å². The number of benzene rings is 2. The quantitative estimate of drug-likeness (QED) is 0.791. The number of hydrogen-bond donors (Lipinski definition) is 1. The molecule has 1 heterocycles. The van der Waals surface area contributed by atoms with Crippen LogP contribution >= 0.6 is 0 Å². The average Bonchev–Trinajstić information content (AvgIpc) is 3.27. The van der Waals surface area contributed by atoms with Gasteiger partial charge in [-0.25, -0.2) is 0 Å². The number of hydrogen-bond acceptors (Lipinski definition) is 4. The standard InChI is InChI=1S/C25H30N2O4/c1-17-7-6-8-20(18(17)2)26-23(28)16-27(3)24(29)25(11-4-5-12-25)19-9-10-21-22(15-19)31-14-13-30-21/h6-10,15H,4-5,11-14,16H2,1-3H3,(H,26,28). The number of amides is 2. The minimum atomic E-state index is -0.621. The summed E-state index contributed by atoms with van der Waals surface area (Å²) in [5.41, 5.74) is 3.26. The Morgan fingerprint density at radius 3 is 2.48 bits per heavy atom. The van der Waals surface area contributed by atoms with Crippen LogP contribution in [-0.4, -0.2) is 43.5 Å². The second-order valence-corrected chi connectivity index (χ2v) is 8.60. The molecule has 2 amide bonds. The van der Waals surface area contributed by atoms with Crippen molar-refractivity contribution in [3.63, 3.8) is 0 Å². The van der Waals surface area contributed by atoms with E-state index >= 15 is 0 Å². The van der Waals surface area contributed by atoms with Crippen LogP contribution in [0.5, 0.6) is 11.5 Å². The molecule has 2 aliphatic rings. The fourth-order valence-electron chi connectivity index (χ4n) is 4.67. The Morgan fingerprint density at radius 2 is 1.74 bits per heavy atom. The van der Waals surface area contributed by atoms with E-state index in [1.165, 1.54) is 0 Å². The second-order valence-electron chi connectivity index (χ2n) is 8.60. The highest BCUT2D eigenvalue weighted by atomic mass is 16.6. The zero-order valence-electron chi connectivity index (χ0n) is 18.5. The monoisotopic (exact) mass is 422 g/mol. The van der Waals surface area contributed by atoms with E-state index in [-0.39, 0.29) is 18.4 Å². The van der Waals surface area contributed by atoms with Gasteiger partial charge in [0, 0.05) is 12.7 Å². The van der Waals surface area contributed by atoms with Crippen molar-refractivity contribution in [1.29, 1.82) is 0 Å². The SMILES string of the molecule is Cc1cccc(NC(=O)CN(C)C(=O)C2(c3ccc4c(c3)OCCO4)CCCC2)c1C. The third kappa shape index (κ3) is 4.11. The number of nitrogens with zero attached hydrogens (tertiary/aromatic N) is 1. The molecule has 6 nitrogen and oxygen atoms in total. The van der Waals surface area contributed by atoms with Gasteiger partial charge in [0.15, 0.2) is 11.5 Å². The van der Waals surface area contributed by atoms with E-state index in [0.29, 0.717) is 19.0 Å². The van der Waals surface area contributed by atoms with Crippen molar-refractivity contribution in [2.75, 3.05) is 32.1 Å². The Labute approximate surface area is 183 Å². The lowest BCUT2D eigenvalue weighted by Crippen LogP contribution is -2.46. The van der Waals surface area contributed by atoms with E-state index in [1.54, 1.807) is 11.9 Å². The molecule has 1 fully saturated rings. The second kappa shape index (κ2) is 8.61. The van der Waals surface area contributed by atoms with E-state index < -0.39 is 5.41 Å². The molecule has 1 aliphatic heterocycles. The summed E-state index contributed by atoms with van der Waals surface area (Å²) in [6.07, 6.45) is 3.52. The summed E-state index contributed by atoms with van der Waals surface area (Å²) in [6.45, 7) is 5.05. The van der Waals surface area contributed by atoms with Crippen LogP contribution in [-0.2, 0) is 15.0 Å². The molecule has 1 aliphatic carbocycles. The average molecular weight is 423 g/mol. The van der Waals surface area contributed by atoms with Gasteiger partial charge in [-0.2, -0.15) is 0 Å². The van der Waals surface area contributed by atoms with Crippen LogP contribution in [0.1, 0.15) is 42.4 Å². The van der Waals surface area contributed by atoms with Crippen LogP contribution in [0.2, 0.25) is 0 Å². The van der Waals surface area contributed by atoms with Gasteiger partial charge < -0.3 is 19.7 Å². The first-order chi connectivity index (χ1) is 14.9. The van der Waals surface area contributed by atoms with Crippen molar-refractivity contribution in [2.24, 2.45) is 0 Å². The van der Waals surface area contributed by atoms with Crippen molar-refractivity contribution in [1.82, 2.24) is 4.90 Å². The van der Waals surface area contributed by atoms with Crippen molar-refractivity contribution in [3.8, 4) is 11.5 Å². The third-order valence-electron chi connectivity index (χ3n) is 6.57. The summed E-state index contributed by atoms with van der Waals surface area (Å²) in [7, 11) is 1.71. The van der Waals surface area contributed by atoms with E-state index in [0.717, 1.165) is 53.8 Å². The van der Waals surface area contributed by atoms with E-state index in [2.05, 4.69) is 5.32 Å². The van der Waals surface area contributed by atoms with Gasteiger partial charge in [-0.15, -0.1) is 0 Å². The molecule has 2 aromatic rings. The Morgan fingerprint density at radius 1 is 1.03 bits per heavy atom. The number of anilines is 1. The number of ether oxygens (including phenoxy) is 2. The number of rotatable bonds is 5. The summed E-state index contributed by atoms with van der Waals surface area (Å²) in [4.78, 5) is 27.9. The fraction of sp³-hybridized carbons (Fsp3) is 0.440. The van der Waals surface area contributed by atoms with Gasteiger partial charge in [0.1, 0.15) is 13.2 Å². The molecule has 0 atom stereocenters. The van der Waals surface area contributed by atoms with Crippen LogP contribution in [0, 0.1) is 13.8 Å². The molecule has 1 N–H and O–H groups in total. The van der Waals surface area contributed by atoms with Gasteiger partial charge in [0.05, 0.1) is 12.0 Å². The molecule has 0 saturated heterocycles. The van der Waals surface area contributed by atoms with E-state index in [1.807, 2.05) is 50.2 Å². The molecule has 164 valence electrons. The fourth-order valence-corrected chi connectivity index (χ4v) is 4.67. The minimum Gasteiger partial charge on any atom is -0.486 e. The Kier molecular flexibility index (Phi) is 5.90. The molecular weight excluding hydrogens is 392 g/mol. The predicted octanol–water partition coefficient (Wildman–Crippen LogP) is 3.98.